The summed E-state index contributed by atoms with van der Waals surface area (Å²) in [4.78, 5) is 24.1. The minimum absolute atomic E-state index is 0.0238. The van der Waals surface area contributed by atoms with E-state index in [0.29, 0.717) is 18.8 Å². The number of amides is 1. The highest BCUT2D eigenvalue weighted by Gasteiger charge is 2.26. The van der Waals surface area contributed by atoms with Crippen LogP contribution in [0.15, 0.2) is 16.7 Å². The van der Waals surface area contributed by atoms with Gasteiger partial charge in [-0.1, -0.05) is 0 Å². The van der Waals surface area contributed by atoms with Crippen molar-refractivity contribution in [3.05, 3.63) is 23.7 Å². The zero-order valence-corrected chi connectivity index (χ0v) is 10.6. The first-order valence-electron chi connectivity index (χ1n) is 5.96. The molecule has 1 fully saturated rings. The minimum Gasteiger partial charge on any atom is -0.478 e. The topological polar surface area (TPSA) is 92.0 Å². The molecule has 0 radical (unpaired) electrons. The van der Waals surface area contributed by atoms with Crippen LogP contribution in [0.1, 0.15) is 22.5 Å². The number of carbonyl (C=O) groups is 2. The standard InChI is InChI=1S/C12H16N2O5/c1-18-12(17)13-8-2-4-14(6-8)7-10-9(11(15)16)3-5-19-10/h3,5,8H,2,4,6-7H2,1H3,(H,13,17)(H,15,16). The Balaban J connectivity index is 1.89. The van der Waals surface area contributed by atoms with Gasteiger partial charge in [0.25, 0.3) is 0 Å². The van der Waals surface area contributed by atoms with E-state index in [1.165, 1.54) is 19.4 Å². The van der Waals surface area contributed by atoms with Crippen LogP contribution in [-0.2, 0) is 11.3 Å². The molecule has 0 aliphatic carbocycles. The first-order chi connectivity index (χ1) is 9.10. The van der Waals surface area contributed by atoms with Gasteiger partial charge in [0, 0.05) is 19.1 Å². The van der Waals surface area contributed by atoms with Crippen molar-refractivity contribution in [1.82, 2.24) is 10.2 Å². The third-order valence-corrected chi connectivity index (χ3v) is 3.12. The summed E-state index contributed by atoms with van der Waals surface area (Å²) in [6.07, 6.45) is 1.73. The first kappa shape index (κ1) is 13.4. The monoisotopic (exact) mass is 268 g/mol. The zero-order chi connectivity index (χ0) is 13.8. The molecule has 1 aliphatic heterocycles. The predicted octanol–water partition coefficient (Wildman–Crippen LogP) is 0.908. The van der Waals surface area contributed by atoms with Crippen molar-refractivity contribution in [2.75, 3.05) is 20.2 Å². The normalized spacial score (nSPS) is 19.3. The Morgan fingerprint density at radius 2 is 2.42 bits per heavy atom. The molecule has 19 heavy (non-hydrogen) atoms. The van der Waals surface area contributed by atoms with Crippen molar-refractivity contribution in [3.63, 3.8) is 0 Å². The Bertz CT molecular complexity index is 470. The lowest BCUT2D eigenvalue weighted by atomic mass is 10.2. The smallest absolute Gasteiger partial charge is 0.407 e. The molecule has 1 aromatic rings. The number of aromatic carboxylic acids is 1. The summed E-state index contributed by atoms with van der Waals surface area (Å²) in [7, 11) is 1.32. The number of methoxy groups -OCH3 is 1. The van der Waals surface area contributed by atoms with E-state index in [0.717, 1.165) is 13.0 Å². The summed E-state index contributed by atoms with van der Waals surface area (Å²) in [6, 6.07) is 1.47. The minimum atomic E-state index is -0.993. The summed E-state index contributed by atoms with van der Waals surface area (Å²) in [5, 5.41) is 11.7. The summed E-state index contributed by atoms with van der Waals surface area (Å²) in [6.45, 7) is 1.84. The number of ether oxygens (including phenoxy) is 1. The molecule has 0 saturated carbocycles. The van der Waals surface area contributed by atoms with E-state index in [9.17, 15) is 9.59 Å². The average molecular weight is 268 g/mol. The van der Waals surface area contributed by atoms with Crippen LogP contribution in [-0.4, -0.2) is 48.3 Å². The number of carbonyl (C=O) groups excluding carboxylic acids is 1. The Hall–Kier alpha value is -2.02. The number of carboxylic acids is 1. The number of nitrogens with one attached hydrogen (secondary N) is 1. The molecule has 104 valence electrons. The van der Waals surface area contributed by atoms with Crippen LogP contribution < -0.4 is 5.32 Å². The molecule has 1 amide bonds. The van der Waals surface area contributed by atoms with Crippen molar-refractivity contribution < 1.29 is 23.8 Å². The third-order valence-electron chi connectivity index (χ3n) is 3.12. The molecule has 7 heteroatoms. The van der Waals surface area contributed by atoms with Crippen LogP contribution in [0.2, 0.25) is 0 Å². The molecule has 1 saturated heterocycles. The van der Waals surface area contributed by atoms with E-state index >= 15 is 0 Å². The highest BCUT2D eigenvalue weighted by Crippen LogP contribution is 2.17. The van der Waals surface area contributed by atoms with Gasteiger partial charge < -0.3 is 19.6 Å². The molecule has 0 spiro atoms. The Labute approximate surface area is 110 Å². The van der Waals surface area contributed by atoms with E-state index < -0.39 is 12.1 Å². The van der Waals surface area contributed by atoms with E-state index in [1.54, 1.807) is 0 Å². The maximum Gasteiger partial charge on any atom is 0.407 e. The van der Waals surface area contributed by atoms with Gasteiger partial charge >= 0.3 is 12.1 Å². The number of likely N-dealkylation sites (tertiary alicyclic amines) is 1. The van der Waals surface area contributed by atoms with E-state index in [1.807, 2.05) is 4.90 Å². The number of furan rings is 1. The van der Waals surface area contributed by atoms with Crippen molar-refractivity contribution >= 4 is 12.1 Å². The third kappa shape index (κ3) is 3.25. The largest absolute Gasteiger partial charge is 0.478 e. The molecule has 2 rings (SSSR count). The van der Waals surface area contributed by atoms with Gasteiger partial charge in [-0.05, 0) is 12.5 Å². The van der Waals surface area contributed by atoms with Crippen LogP contribution in [0, 0.1) is 0 Å². The van der Waals surface area contributed by atoms with Crippen molar-refractivity contribution in [3.8, 4) is 0 Å². The van der Waals surface area contributed by atoms with Crippen molar-refractivity contribution in [2.45, 2.75) is 19.0 Å². The molecule has 1 aromatic heterocycles. The molecule has 2 N–H and O–H groups in total. The number of hydrogen-bond donors (Lipinski definition) is 2. The maximum absolute atomic E-state index is 11.1. The number of nitrogens with zero attached hydrogens (tertiary/aromatic N) is 1. The lowest BCUT2D eigenvalue weighted by Gasteiger charge is -2.15. The molecule has 1 unspecified atom stereocenters. The molecule has 1 atom stereocenters. The number of rotatable bonds is 4. The Kier molecular flexibility index (Phi) is 4.06. The van der Waals surface area contributed by atoms with E-state index in [4.69, 9.17) is 9.52 Å². The van der Waals surface area contributed by atoms with Crippen LogP contribution >= 0.6 is 0 Å². The fourth-order valence-electron chi connectivity index (χ4n) is 2.18. The number of hydrogen-bond acceptors (Lipinski definition) is 5. The summed E-state index contributed by atoms with van der Waals surface area (Å²) in [5.74, 6) is -0.557. The lowest BCUT2D eigenvalue weighted by Crippen LogP contribution is -2.36. The lowest BCUT2D eigenvalue weighted by molar-refractivity contribution is 0.0693. The molecule has 7 nitrogen and oxygen atoms in total. The van der Waals surface area contributed by atoms with Crippen LogP contribution in [0.4, 0.5) is 4.79 Å². The predicted molar refractivity (Wildman–Crippen MR) is 64.9 cm³/mol. The first-order valence-corrected chi connectivity index (χ1v) is 5.96. The maximum atomic E-state index is 11.1. The van der Waals surface area contributed by atoms with Gasteiger partial charge in [-0.3, -0.25) is 4.90 Å². The van der Waals surface area contributed by atoms with E-state index in [-0.39, 0.29) is 11.6 Å². The summed E-state index contributed by atoms with van der Waals surface area (Å²) in [5.41, 5.74) is 0.185. The molecule has 1 aliphatic rings. The van der Waals surface area contributed by atoms with Gasteiger partial charge in [0.15, 0.2) is 0 Å². The highest BCUT2D eigenvalue weighted by molar-refractivity contribution is 5.88. The molecular weight excluding hydrogens is 252 g/mol. The van der Waals surface area contributed by atoms with Gasteiger partial charge in [0.1, 0.15) is 11.3 Å². The van der Waals surface area contributed by atoms with Crippen molar-refractivity contribution in [2.24, 2.45) is 0 Å². The fraction of sp³-hybridized carbons (Fsp3) is 0.500. The second-order valence-electron chi connectivity index (χ2n) is 4.42. The number of carboxylic acid groups (broad SMARTS) is 1. The van der Waals surface area contributed by atoms with Crippen molar-refractivity contribution in [1.29, 1.82) is 0 Å². The molecular formula is C12H16N2O5. The molecule has 0 aromatic carbocycles. The van der Waals surface area contributed by atoms with Gasteiger partial charge in [-0.25, -0.2) is 9.59 Å². The fourth-order valence-corrected chi connectivity index (χ4v) is 2.18. The van der Waals surface area contributed by atoms with Crippen LogP contribution in [0.3, 0.4) is 0 Å². The van der Waals surface area contributed by atoms with Crippen LogP contribution in [0.5, 0.6) is 0 Å². The summed E-state index contributed by atoms with van der Waals surface area (Å²) >= 11 is 0. The molecule has 0 bridgehead atoms. The second kappa shape index (κ2) is 5.75. The highest BCUT2D eigenvalue weighted by atomic mass is 16.5. The molecule has 2 heterocycles. The van der Waals surface area contributed by atoms with E-state index in [2.05, 4.69) is 10.1 Å². The Morgan fingerprint density at radius 1 is 1.63 bits per heavy atom. The van der Waals surface area contributed by atoms with Gasteiger partial charge in [0.2, 0.25) is 0 Å². The SMILES string of the molecule is COC(=O)NC1CCN(Cc2occc2C(=O)O)C1. The van der Waals surface area contributed by atoms with Crippen LogP contribution in [0.25, 0.3) is 0 Å². The van der Waals surface area contributed by atoms with Gasteiger partial charge in [-0.15, -0.1) is 0 Å². The second-order valence-corrected chi connectivity index (χ2v) is 4.42. The average Bonchev–Trinajstić information content (AvgIpc) is 2.99. The Morgan fingerprint density at radius 3 is 3.11 bits per heavy atom. The number of alkyl carbamates (subject to hydrolysis) is 1. The zero-order valence-electron chi connectivity index (χ0n) is 10.6. The quantitative estimate of drug-likeness (QED) is 0.843. The van der Waals surface area contributed by atoms with Gasteiger partial charge in [0.05, 0.1) is 19.9 Å². The summed E-state index contributed by atoms with van der Waals surface area (Å²) < 4.78 is 9.73. The van der Waals surface area contributed by atoms with Gasteiger partial charge in [-0.2, -0.15) is 0 Å².